The molecule has 2 heterocycles. The zero-order valence-electron chi connectivity index (χ0n) is 35.0. The molecule has 308 valence electrons. The Morgan fingerprint density at radius 1 is 0.672 bits per heavy atom. The average Bonchev–Trinajstić information content (AvgIpc) is 3.23. The van der Waals surface area contributed by atoms with Crippen molar-refractivity contribution in [1.29, 1.82) is 5.26 Å². The summed E-state index contributed by atoms with van der Waals surface area (Å²) in [7, 11) is 0. The first-order valence-corrected chi connectivity index (χ1v) is 23.9. The highest BCUT2D eigenvalue weighted by Crippen LogP contribution is 2.44. The number of hydrogen-bond donors (Lipinski definition) is 0. The molecular formula is C51H63Br2N4O-. The van der Waals surface area contributed by atoms with Crippen LogP contribution >= 0.6 is 31.9 Å². The number of unbranched alkanes of at least 4 members (excludes halogenated alkanes) is 18. The van der Waals surface area contributed by atoms with Crippen LogP contribution in [0.25, 0.3) is 16.6 Å². The van der Waals surface area contributed by atoms with Crippen molar-refractivity contribution in [3.63, 3.8) is 0 Å². The number of hydrogen-bond acceptors (Lipinski definition) is 4. The number of carbonyl (C=O) groups excluding carboxylic acids is 1. The SMILES string of the molecule is CCCCCCCCCCCCN1C=C/C(=C\C2=C(C(=C=[N-])C#N)C(/C=C3\C=CN(CCCCCCCCCCCC)c4cc(Br)ccc43)C2=O)c2ccc(Br)cc21. The molecule has 1 aliphatic carbocycles. The molecule has 1 unspecified atom stereocenters. The maximum Gasteiger partial charge on any atom is 0.174 e. The van der Waals surface area contributed by atoms with E-state index >= 15 is 0 Å². The van der Waals surface area contributed by atoms with Gasteiger partial charge in [0.2, 0.25) is 0 Å². The summed E-state index contributed by atoms with van der Waals surface area (Å²) >= 11 is 7.37. The van der Waals surface area contributed by atoms with Gasteiger partial charge in [0, 0.05) is 68.1 Å². The second kappa shape index (κ2) is 24.4. The van der Waals surface area contributed by atoms with Crippen molar-refractivity contribution < 1.29 is 4.79 Å². The molecule has 1 atom stereocenters. The molecule has 0 saturated carbocycles. The van der Waals surface area contributed by atoms with Crippen molar-refractivity contribution in [2.75, 3.05) is 22.9 Å². The lowest BCUT2D eigenvalue weighted by atomic mass is 9.71. The zero-order valence-corrected chi connectivity index (χ0v) is 38.2. The van der Waals surface area contributed by atoms with Gasteiger partial charge in [-0.05, 0) is 66.5 Å². The van der Waals surface area contributed by atoms with Gasteiger partial charge in [0.15, 0.2) is 5.78 Å². The van der Waals surface area contributed by atoms with Crippen LogP contribution in [0.15, 0.2) is 98.8 Å². The highest BCUT2D eigenvalue weighted by Gasteiger charge is 2.39. The first-order chi connectivity index (χ1) is 28.4. The molecule has 5 nitrogen and oxygen atoms in total. The van der Waals surface area contributed by atoms with Crippen LogP contribution in [-0.4, -0.2) is 24.7 Å². The quantitative estimate of drug-likeness (QED) is 0.0565. The largest absolute Gasteiger partial charge is 0.762 e. The molecule has 0 saturated heterocycles. The van der Waals surface area contributed by atoms with E-state index in [0.29, 0.717) is 11.1 Å². The molecule has 0 fully saturated rings. The van der Waals surface area contributed by atoms with E-state index in [2.05, 4.69) is 116 Å². The number of fused-ring (bicyclic) bond motifs is 2. The van der Waals surface area contributed by atoms with Crippen molar-refractivity contribution in [1.82, 2.24) is 0 Å². The summed E-state index contributed by atoms with van der Waals surface area (Å²) in [6.45, 7) is 6.39. The zero-order chi connectivity index (χ0) is 41.1. The number of anilines is 2. The molecule has 0 radical (unpaired) electrons. The van der Waals surface area contributed by atoms with E-state index < -0.39 is 5.92 Å². The number of benzene rings is 2. The van der Waals surface area contributed by atoms with Gasteiger partial charge in [-0.2, -0.15) is 5.26 Å². The Balaban J connectivity index is 1.28. The normalized spacial score (nSPS) is 17.1. The molecule has 5 rings (SSSR count). The fraction of sp³-hybridized carbons (Fsp3) is 0.490. The van der Waals surface area contributed by atoms with Gasteiger partial charge in [-0.25, -0.2) is 0 Å². The van der Waals surface area contributed by atoms with Crippen molar-refractivity contribution in [2.45, 2.75) is 142 Å². The van der Waals surface area contributed by atoms with Gasteiger partial charge in [-0.15, -0.1) is 0 Å². The van der Waals surface area contributed by atoms with Crippen LogP contribution < -0.4 is 9.80 Å². The topological polar surface area (TPSA) is 69.6 Å². The first-order valence-electron chi connectivity index (χ1n) is 22.3. The summed E-state index contributed by atoms with van der Waals surface area (Å²) in [6.07, 6.45) is 38.2. The summed E-state index contributed by atoms with van der Waals surface area (Å²) in [5, 5.41) is 20.2. The van der Waals surface area contributed by atoms with Crippen molar-refractivity contribution >= 4 is 66.0 Å². The second-order valence-electron chi connectivity index (χ2n) is 16.2. The minimum atomic E-state index is -0.671. The Morgan fingerprint density at radius 2 is 1.10 bits per heavy atom. The molecule has 58 heavy (non-hydrogen) atoms. The predicted molar refractivity (Wildman–Crippen MR) is 254 cm³/mol. The summed E-state index contributed by atoms with van der Waals surface area (Å²) in [4.78, 5) is 18.7. The molecule has 7 heteroatoms. The molecular weight excluding hydrogens is 844 g/mol. The number of rotatable bonds is 25. The highest BCUT2D eigenvalue weighted by molar-refractivity contribution is 9.10. The Morgan fingerprint density at radius 3 is 1.55 bits per heavy atom. The van der Waals surface area contributed by atoms with Crippen molar-refractivity contribution in [3.05, 3.63) is 115 Å². The van der Waals surface area contributed by atoms with Crippen LogP contribution in [0.5, 0.6) is 0 Å². The fourth-order valence-corrected chi connectivity index (χ4v) is 9.15. The molecule has 0 amide bonds. The summed E-state index contributed by atoms with van der Waals surface area (Å²) in [5.74, 6) is 1.36. The van der Waals surface area contributed by atoms with Gasteiger partial charge in [-0.3, -0.25) is 10.7 Å². The van der Waals surface area contributed by atoms with Gasteiger partial charge < -0.3 is 15.2 Å². The third-order valence-corrected chi connectivity index (χ3v) is 12.8. The van der Waals surface area contributed by atoms with Crippen LogP contribution in [-0.2, 0) is 4.79 Å². The van der Waals surface area contributed by atoms with E-state index in [9.17, 15) is 15.5 Å². The number of nitriles is 1. The van der Waals surface area contributed by atoms with Gasteiger partial charge in [0.25, 0.3) is 0 Å². The molecule has 0 spiro atoms. The van der Waals surface area contributed by atoms with E-state index in [0.717, 1.165) is 68.5 Å². The van der Waals surface area contributed by atoms with Crippen LogP contribution in [0.2, 0.25) is 0 Å². The molecule has 0 aromatic heterocycles. The Bertz CT molecular complexity index is 1960. The van der Waals surface area contributed by atoms with Gasteiger partial charge in [0.05, 0.1) is 11.5 Å². The third kappa shape index (κ3) is 12.7. The van der Waals surface area contributed by atoms with E-state index in [1.165, 1.54) is 116 Å². The Labute approximate surface area is 366 Å². The first kappa shape index (κ1) is 45.4. The average molecular weight is 908 g/mol. The maximum atomic E-state index is 14.1. The van der Waals surface area contributed by atoms with E-state index in [1.54, 1.807) is 0 Å². The van der Waals surface area contributed by atoms with Gasteiger partial charge in [-0.1, -0.05) is 179 Å². The molecule has 2 aliphatic heterocycles. The number of Topliss-reactive ketones (excluding diaryl/α,β-unsaturated/α-hetero) is 1. The molecule has 2 aromatic carbocycles. The number of halogens is 2. The number of allylic oxidation sites excluding steroid dienone is 9. The van der Waals surface area contributed by atoms with E-state index in [4.69, 9.17) is 0 Å². The lowest BCUT2D eigenvalue weighted by Crippen LogP contribution is -2.31. The van der Waals surface area contributed by atoms with E-state index in [-0.39, 0.29) is 11.4 Å². The maximum absolute atomic E-state index is 14.1. The summed E-state index contributed by atoms with van der Waals surface area (Å²) < 4.78 is 2.00. The lowest BCUT2D eigenvalue weighted by molar-refractivity contribution is -0.118. The van der Waals surface area contributed by atoms with Crippen LogP contribution in [0.4, 0.5) is 11.4 Å². The number of nitrogens with zero attached hydrogens (tertiary/aromatic N) is 4. The molecule has 3 aliphatic rings. The van der Waals surface area contributed by atoms with Crippen molar-refractivity contribution in [3.8, 4) is 6.07 Å². The second-order valence-corrected chi connectivity index (χ2v) is 18.0. The Hall–Kier alpha value is -3.69. The monoisotopic (exact) mass is 905 g/mol. The number of ketones is 1. The standard InChI is InChI=1S/C51H63Br2N4O/c1-3-5-7-9-11-13-15-17-19-21-29-56-31-27-39(44-25-23-42(52)35-48(44)56)33-46-50(41(37-54)38-55)47(51(46)58)34-40-28-32-57(49-36-43(53)24-26-45(40)49)30-22-20-18-16-14-12-10-8-6-4-2/h23-28,31-36,46H,3-22,29-30H2,1-2H3/q-1/b39-33+,40-34+. The molecule has 2 aromatic rings. The van der Waals surface area contributed by atoms with Gasteiger partial charge >= 0.3 is 0 Å². The minimum absolute atomic E-state index is 0.00916. The van der Waals surface area contributed by atoms with Crippen molar-refractivity contribution in [2.24, 2.45) is 5.92 Å². The number of carbonyl (C=O) groups is 1. The lowest BCUT2D eigenvalue weighted by Gasteiger charge is -2.32. The van der Waals surface area contributed by atoms with E-state index in [1.807, 2.05) is 24.3 Å². The smallest absolute Gasteiger partial charge is 0.174 e. The van der Waals surface area contributed by atoms with Gasteiger partial charge in [0.1, 0.15) is 6.07 Å². The molecule has 0 bridgehead atoms. The summed E-state index contributed by atoms with van der Waals surface area (Å²) in [6, 6.07) is 14.6. The summed E-state index contributed by atoms with van der Waals surface area (Å²) in [5.41, 5.74) is 7.04. The third-order valence-electron chi connectivity index (χ3n) is 11.8. The predicted octanol–water partition coefficient (Wildman–Crippen LogP) is 15.4. The minimum Gasteiger partial charge on any atom is -0.762 e. The fourth-order valence-electron chi connectivity index (χ4n) is 8.45. The van der Waals surface area contributed by atoms with Crippen LogP contribution in [0.3, 0.4) is 0 Å². The van der Waals surface area contributed by atoms with Crippen LogP contribution in [0.1, 0.15) is 153 Å². The highest BCUT2D eigenvalue weighted by atomic mass is 79.9. The Kier molecular flexibility index (Phi) is 19.1. The molecule has 0 N–H and O–H groups in total. The van der Waals surface area contributed by atoms with Crippen LogP contribution in [0, 0.1) is 17.2 Å².